The van der Waals surface area contributed by atoms with E-state index in [2.05, 4.69) is 11.7 Å². The van der Waals surface area contributed by atoms with Gasteiger partial charge < -0.3 is 4.74 Å². The van der Waals surface area contributed by atoms with Crippen LogP contribution in [-0.2, 0) is 6.11 Å². The van der Waals surface area contributed by atoms with Gasteiger partial charge >= 0.3 is 12.3 Å². The van der Waals surface area contributed by atoms with Gasteiger partial charge in [-0.1, -0.05) is 37.8 Å². The van der Waals surface area contributed by atoms with Crippen molar-refractivity contribution in [2.75, 3.05) is 0 Å². The minimum absolute atomic E-state index is 0.0920. The number of benzene rings is 3. The maximum Gasteiger partial charge on any atom is 0.458 e. The van der Waals surface area contributed by atoms with Crippen molar-refractivity contribution >= 4 is 0 Å². The summed E-state index contributed by atoms with van der Waals surface area (Å²) in [6.07, 6.45) is -3.88. The molecule has 0 unspecified atom stereocenters. The van der Waals surface area contributed by atoms with Crippen LogP contribution >= 0.6 is 0 Å². The first-order valence-corrected chi connectivity index (χ1v) is 13.1. The molecule has 224 valence electrons. The van der Waals surface area contributed by atoms with E-state index in [4.69, 9.17) is 0 Å². The summed E-state index contributed by atoms with van der Waals surface area (Å²) < 4.78 is 143. The quantitative estimate of drug-likeness (QED) is 0.193. The molecule has 0 radical (unpaired) electrons. The van der Waals surface area contributed by atoms with Gasteiger partial charge in [-0.05, 0) is 66.8 Å². The standard InChI is InChI=1S/C31H24F10O/c1-2-3-17-4-6-18(7-5-17)19-8-9-22(24(32)12-19)20-13-27(35)29(28(36)14-20)31(40,41)42-21-15-25(33)23(26(34)16-21)10-11-30(37,38)39/h8-9,12-18H,2-7H2,1H3. The fourth-order valence-corrected chi connectivity index (χ4v) is 5.28. The molecule has 0 heterocycles. The second-order valence-electron chi connectivity index (χ2n) is 10.2. The van der Waals surface area contributed by atoms with Crippen LogP contribution in [0.5, 0.6) is 5.75 Å². The summed E-state index contributed by atoms with van der Waals surface area (Å²) >= 11 is 0. The van der Waals surface area contributed by atoms with Gasteiger partial charge in [0.05, 0.1) is 5.56 Å². The van der Waals surface area contributed by atoms with Gasteiger partial charge in [0, 0.05) is 23.6 Å². The molecule has 4 rings (SSSR count). The van der Waals surface area contributed by atoms with Crippen molar-refractivity contribution in [3.05, 3.63) is 88.2 Å². The molecular weight excluding hydrogens is 578 g/mol. The summed E-state index contributed by atoms with van der Waals surface area (Å²) in [7, 11) is 0. The lowest BCUT2D eigenvalue weighted by Gasteiger charge is -2.28. The Morgan fingerprint density at radius 3 is 1.88 bits per heavy atom. The lowest BCUT2D eigenvalue weighted by molar-refractivity contribution is -0.189. The van der Waals surface area contributed by atoms with E-state index in [1.165, 1.54) is 18.1 Å². The van der Waals surface area contributed by atoms with Gasteiger partial charge in [-0.25, -0.2) is 22.0 Å². The van der Waals surface area contributed by atoms with Crippen LogP contribution < -0.4 is 4.74 Å². The number of ether oxygens (including phenoxy) is 1. The number of hydrogen-bond donors (Lipinski definition) is 0. The van der Waals surface area contributed by atoms with Gasteiger partial charge in [0.1, 0.15) is 40.4 Å². The van der Waals surface area contributed by atoms with Crippen LogP contribution in [0.1, 0.15) is 68.1 Å². The van der Waals surface area contributed by atoms with Gasteiger partial charge in [-0.15, -0.1) is 0 Å². The van der Waals surface area contributed by atoms with Crippen molar-refractivity contribution < 1.29 is 48.6 Å². The highest BCUT2D eigenvalue weighted by atomic mass is 19.4. The van der Waals surface area contributed by atoms with Crippen molar-refractivity contribution in [3.63, 3.8) is 0 Å². The molecular formula is C31H24F10O. The lowest BCUT2D eigenvalue weighted by Crippen LogP contribution is -2.25. The molecule has 0 amide bonds. The van der Waals surface area contributed by atoms with Crippen LogP contribution in [0.15, 0.2) is 42.5 Å². The Morgan fingerprint density at radius 2 is 1.36 bits per heavy atom. The average molecular weight is 603 g/mol. The molecule has 0 aromatic heterocycles. The Morgan fingerprint density at radius 1 is 0.762 bits per heavy atom. The van der Waals surface area contributed by atoms with Gasteiger partial charge in [-0.2, -0.15) is 22.0 Å². The van der Waals surface area contributed by atoms with Crippen LogP contribution in [0.25, 0.3) is 11.1 Å². The number of alkyl halides is 5. The fraction of sp³-hybridized carbons (Fsp3) is 0.355. The summed E-state index contributed by atoms with van der Waals surface area (Å²) in [5.74, 6) is -6.69. The van der Waals surface area contributed by atoms with Gasteiger partial charge in [-0.3, -0.25) is 0 Å². The van der Waals surface area contributed by atoms with Gasteiger partial charge in [0.2, 0.25) is 0 Å². The zero-order valence-electron chi connectivity index (χ0n) is 22.1. The Labute approximate surface area is 235 Å². The molecule has 1 aliphatic carbocycles. The molecule has 1 aliphatic rings. The Bertz CT molecular complexity index is 1460. The molecule has 11 heteroatoms. The predicted molar refractivity (Wildman–Crippen MR) is 135 cm³/mol. The van der Waals surface area contributed by atoms with E-state index < -0.39 is 58.2 Å². The minimum atomic E-state index is -5.08. The summed E-state index contributed by atoms with van der Waals surface area (Å²) in [5, 5.41) is 0. The normalized spacial score (nSPS) is 17.5. The first-order chi connectivity index (χ1) is 19.7. The molecule has 0 atom stereocenters. The number of rotatable bonds is 7. The largest absolute Gasteiger partial charge is 0.458 e. The van der Waals surface area contributed by atoms with Crippen molar-refractivity contribution in [2.45, 2.75) is 63.7 Å². The van der Waals surface area contributed by atoms with Crippen LogP contribution in [0, 0.1) is 46.8 Å². The highest BCUT2D eigenvalue weighted by Gasteiger charge is 2.41. The Kier molecular flexibility index (Phi) is 9.14. The molecule has 0 bridgehead atoms. The van der Waals surface area contributed by atoms with Crippen LogP contribution in [0.4, 0.5) is 43.9 Å². The summed E-state index contributed by atoms with van der Waals surface area (Å²) in [6, 6.07) is 5.36. The molecule has 1 nitrogen and oxygen atoms in total. The minimum Gasteiger partial charge on any atom is -0.429 e. The Balaban J connectivity index is 1.56. The highest BCUT2D eigenvalue weighted by molar-refractivity contribution is 5.65. The smallest absolute Gasteiger partial charge is 0.429 e. The van der Waals surface area contributed by atoms with E-state index in [9.17, 15) is 39.5 Å². The van der Waals surface area contributed by atoms with Crippen LogP contribution in [0.3, 0.4) is 0 Å². The molecule has 42 heavy (non-hydrogen) atoms. The Hall–Kier alpha value is -3.68. The molecule has 1 fully saturated rings. The second kappa shape index (κ2) is 12.3. The summed E-state index contributed by atoms with van der Waals surface area (Å²) in [6.45, 7) is 2.12. The van der Waals surface area contributed by atoms with E-state index in [0.29, 0.717) is 24.0 Å². The maximum atomic E-state index is 15.0. The summed E-state index contributed by atoms with van der Waals surface area (Å²) in [4.78, 5) is 0. The average Bonchev–Trinajstić information content (AvgIpc) is 2.87. The van der Waals surface area contributed by atoms with Crippen molar-refractivity contribution in [1.82, 2.24) is 0 Å². The third-order valence-corrected chi connectivity index (χ3v) is 7.24. The molecule has 0 saturated heterocycles. The van der Waals surface area contributed by atoms with E-state index in [0.717, 1.165) is 44.1 Å². The van der Waals surface area contributed by atoms with Crippen LogP contribution in [0.2, 0.25) is 0 Å². The third kappa shape index (κ3) is 7.20. The van der Waals surface area contributed by atoms with Crippen molar-refractivity contribution in [3.8, 4) is 28.7 Å². The second-order valence-corrected chi connectivity index (χ2v) is 10.2. The lowest BCUT2D eigenvalue weighted by atomic mass is 9.77. The maximum absolute atomic E-state index is 15.0. The van der Waals surface area contributed by atoms with E-state index in [1.807, 2.05) is 0 Å². The first-order valence-electron chi connectivity index (χ1n) is 13.1. The summed E-state index contributed by atoms with van der Waals surface area (Å²) in [5.41, 5.74) is -3.16. The number of hydrogen-bond acceptors (Lipinski definition) is 1. The SMILES string of the molecule is CCCC1CCC(c2ccc(-c3cc(F)c(C(F)(F)Oc4cc(F)c(C#CC(F)(F)F)c(F)c4)c(F)c3)c(F)c2)CC1. The number of halogens is 10. The monoisotopic (exact) mass is 602 g/mol. The molecule has 1 saturated carbocycles. The molecule has 3 aromatic carbocycles. The van der Waals surface area contributed by atoms with Crippen molar-refractivity contribution in [2.24, 2.45) is 5.92 Å². The van der Waals surface area contributed by atoms with Gasteiger partial charge in [0.25, 0.3) is 0 Å². The molecule has 0 aliphatic heterocycles. The zero-order valence-corrected chi connectivity index (χ0v) is 22.1. The molecule has 3 aromatic rings. The van der Waals surface area contributed by atoms with E-state index in [-0.39, 0.29) is 29.2 Å². The van der Waals surface area contributed by atoms with E-state index in [1.54, 1.807) is 6.07 Å². The highest BCUT2D eigenvalue weighted by Crippen LogP contribution is 2.40. The van der Waals surface area contributed by atoms with Gasteiger partial charge in [0.15, 0.2) is 0 Å². The predicted octanol–water partition coefficient (Wildman–Crippen LogP) is 10.2. The topological polar surface area (TPSA) is 9.23 Å². The first kappa shape index (κ1) is 31.3. The van der Waals surface area contributed by atoms with Crippen molar-refractivity contribution in [1.29, 1.82) is 0 Å². The molecule has 0 spiro atoms. The molecule has 0 N–H and O–H groups in total. The van der Waals surface area contributed by atoms with E-state index >= 15 is 4.39 Å². The zero-order chi connectivity index (χ0) is 30.8. The van der Waals surface area contributed by atoms with Crippen LogP contribution in [-0.4, -0.2) is 6.18 Å². The third-order valence-electron chi connectivity index (χ3n) is 7.24. The fourth-order valence-electron chi connectivity index (χ4n) is 5.28.